The minimum atomic E-state index is -0.515. The Morgan fingerprint density at radius 3 is 2.58 bits per heavy atom. The highest BCUT2D eigenvalue weighted by molar-refractivity contribution is 5.17. The van der Waals surface area contributed by atoms with Gasteiger partial charge < -0.3 is 5.43 Å². The quantitative estimate of drug-likeness (QED) is 0.859. The van der Waals surface area contributed by atoms with Crippen molar-refractivity contribution in [3.63, 3.8) is 0 Å². The fraction of sp³-hybridized carbons (Fsp3) is 0.231. The van der Waals surface area contributed by atoms with Crippen LogP contribution in [-0.2, 0) is 6.42 Å². The molecule has 1 aromatic heterocycles. The lowest BCUT2D eigenvalue weighted by Crippen LogP contribution is -2.38. The second-order valence-electron chi connectivity index (χ2n) is 4.34. The minimum absolute atomic E-state index is 0.0472. The Morgan fingerprint density at radius 2 is 1.95 bits per heavy atom. The van der Waals surface area contributed by atoms with E-state index in [1.54, 1.807) is 12.1 Å². The number of aromatic nitrogens is 2. The maximum absolute atomic E-state index is 12.8. The third-order valence-corrected chi connectivity index (χ3v) is 2.64. The molecule has 1 heterocycles. The standard InChI is InChI=1S/C13H14FN3O2/c1-9(8-10-2-4-11(14)5-3-10)16-17-7-6-12(18)15-13(17)19/h2-7,9,16H,8H2,1H3,(H,15,18,19). The van der Waals surface area contributed by atoms with E-state index in [1.807, 2.05) is 6.92 Å². The largest absolute Gasteiger partial charge is 0.346 e. The summed E-state index contributed by atoms with van der Waals surface area (Å²) in [6.45, 7) is 1.89. The molecular formula is C13H14FN3O2. The summed E-state index contributed by atoms with van der Waals surface area (Å²) in [5, 5.41) is 0. The smallest absolute Gasteiger partial charge is 0.319 e. The summed E-state index contributed by atoms with van der Waals surface area (Å²) in [7, 11) is 0. The first-order chi connectivity index (χ1) is 9.04. The van der Waals surface area contributed by atoms with E-state index in [1.165, 1.54) is 29.1 Å². The van der Waals surface area contributed by atoms with Gasteiger partial charge in [0.2, 0.25) is 0 Å². The van der Waals surface area contributed by atoms with Crippen molar-refractivity contribution in [2.45, 2.75) is 19.4 Å². The average Bonchev–Trinajstić information content (AvgIpc) is 2.36. The van der Waals surface area contributed by atoms with Crippen molar-refractivity contribution in [3.8, 4) is 0 Å². The van der Waals surface area contributed by atoms with Crippen molar-refractivity contribution >= 4 is 0 Å². The van der Waals surface area contributed by atoms with Gasteiger partial charge in [-0.15, -0.1) is 0 Å². The van der Waals surface area contributed by atoms with Gasteiger partial charge in [0, 0.05) is 18.3 Å². The molecule has 19 heavy (non-hydrogen) atoms. The number of hydrogen-bond donors (Lipinski definition) is 2. The van der Waals surface area contributed by atoms with E-state index in [9.17, 15) is 14.0 Å². The normalized spacial score (nSPS) is 12.1. The van der Waals surface area contributed by atoms with Gasteiger partial charge in [0.15, 0.2) is 0 Å². The van der Waals surface area contributed by atoms with Gasteiger partial charge in [-0.1, -0.05) is 12.1 Å². The first-order valence-corrected chi connectivity index (χ1v) is 5.87. The minimum Gasteiger partial charge on any atom is -0.319 e. The van der Waals surface area contributed by atoms with Crippen LogP contribution in [0.2, 0.25) is 0 Å². The number of nitrogens with zero attached hydrogens (tertiary/aromatic N) is 1. The molecule has 0 amide bonds. The summed E-state index contributed by atoms with van der Waals surface area (Å²) in [4.78, 5) is 24.5. The molecule has 0 aliphatic heterocycles. The van der Waals surface area contributed by atoms with Crippen LogP contribution in [0.1, 0.15) is 12.5 Å². The van der Waals surface area contributed by atoms with E-state index >= 15 is 0 Å². The zero-order chi connectivity index (χ0) is 13.8. The van der Waals surface area contributed by atoms with E-state index in [-0.39, 0.29) is 11.9 Å². The highest BCUT2D eigenvalue weighted by Crippen LogP contribution is 2.05. The van der Waals surface area contributed by atoms with E-state index in [0.29, 0.717) is 6.42 Å². The van der Waals surface area contributed by atoms with Gasteiger partial charge in [-0.05, 0) is 31.0 Å². The molecule has 0 saturated carbocycles. The molecular weight excluding hydrogens is 249 g/mol. The van der Waals surface area contributed by atoms with E-state index in [4.69, 9.17) is 0 Å². The lowest BCUT2D eigenvalue weighted by molar-refractivity contribution is 0.623. The highest BCUT2D eigenvalue weighted by atomic mass is 19.1. The Labute approximate surface area is 108 Å². The Morgan fingerprint density at radius 1 is 1.26 bits per heavy atom. The summed E-state index contributed by atoms with van der Waals surface area (Å²) in [5.74, 6) is -0.277. The predicted octanol–water partition coefficient (Wildman–Crippen LogP) is 0.850. The van der Waals surface area contributed by atoms with Gasteiger partial charge in [-0.2, -0.15) is 0 Å². The van der Waals surface area contributed by atoms with Crippen LogP contribution in [0.4, 0.5) is 4.39 Å². The molecule has 0 saturated heterocycles. The molecule has 1 unspecified atom stereocenters. The number of rotatable bonds is 4. The third-order valence-electron chi connectivity index (χ3n) is 2.64. The molecule has 0 aliphatic rings. The van der Waals surface area contributed by atoms with Gasteiger partial charge in [-0.25, -0.2) is 13.9 Å². The summed E-state index contributed by atoms with van der Waals surface area (Å²) in [6, 6.07) is 7.40. The molecule has 5 nitrogen and oxygen atoms in total. The SMILES string of the molecule is CC(Cc1ccc(F)cc1)Nn1ccc(=O)[nH]c1=O. The predicted molar refractivity (Wildman–Crippen MR) is 70.2 cm³/mol. The molecule has 6 heteroatoms. The van der Waals surface area contributed by atoms with Crippen molar-refractivity contribution in [1.82, 2.24) is 9.66 Å². The summed E-state index contributed by atoms with van der Waals surface area (Å²) in [5.41, 5.74) is 2.95. The monoisotopic (exact) mass is 263 g/mol. The van der Waals surface area contributed by atoms with Crippen LogP contribution >= 0.6 is 0 Å². The van der Waals surface area contributed by atoms with Crippen molar-refractivity contribution < 1.29 is 4.39 Å². The van der Waals surface area contributed by atoms with Crippen LogP contribution in [0.25, 0.3) is 0 Å². The van der Waals surface area contributed by atoms with Gasteiger partial charge in [0.25, 0.3) is 5.56 Å². The first kappa shape index (κ1) is 13.1. The number of halogens is 1. The van der Waals surface area contributed by atoms with Crippen molar-refractivity contribution in [2.75, 3.05) is 5.43 Å². The van der Waals surface area contributed by atoms with E-state index < -0.39 is 11.2 Å². The summed E-state index contributed by atoms with van der Waals surface area (Å²) in [6.07, 6.45) is 2.01. The van der Waals surface area contributed by atoms with Gasteiger partial charge in [-0.3, -0.25) is 9.78 Å². The Kier molecular flexibility index (Phi) is 3.79. The number of aromatic amines is 1. The molecule has 100 valence electrons. The maximum atomic E-state index is 12.8. The third kappa shape index (κ3) is 3.54. The molecule has 2 rings (SSSR count). The molecule has 0 radical (unpaired) electrons. The summed E-state index contributed by atoms with van der Waals surface area (Å²) < 4.78 is 14.0. The van der Waals surface area contributed by atoms with Crippen LogP contribution in [0, 0.1) is 5.82 Å². The van der Waals surface area contributed by atoms with Crippen LogP contribution in [0.15, 0.2) is 46.1 Å². The fourth-order valence-corrected chi connectivity index (χ4v) is 1.78. The number of H-pyrrole nitrogens is 1. The van der Waals surface area contributed by atoms with Crippen molar-refractivity contribution in [1.29, 1.82) is 0 Å². The van der Waals surface area contributed by atoms with Crippen LogP contribution in [0.5, 0.6) is 0 Å². The Hall–Kier alpha value is -2.37. The van der Waals surface area contributed by atoms with Gasteiger partial charge in [0.1, 0.15) is 5.82 Å². The van der Waals surface area contributed by atoms with Crippen molar-refractivity contribution in [2.24, 2.45) is 0 Å². The molecule has 2 N–H and O–H groups in total. The zero-order valence-electron chi connectivity index (χ0n) is 10.4. The zero-order valence-corrected chi connectivity index (χ0v) is 10.4. The second-order valence-corrected chi connectivity index (χ2v) is 4.34. The van der Waals surface area contributed by atoms with Crippen LogP contribution < -0.4 is 16.7 Å². The number of hydrogen-bond acceptors (Lipinski definition) is 3. The highest BCUT2D eigenvalue weighted by Gasteiger charge is 2.05. The Balaban J connectivity index is 2.05. The molecule has 0 fully saturated rings. The molecule has 0 spiro atoms. The van der Waals surface area contributed by atoms with Crippen molar-refractivity contribution in [3.05, 3.63) is 68.7 Å². The molecule has 1 aromatic carbocycles. The molecule has 0 bridgehead atoms. The fourth-order valence-electron chi connectivity index (χ4n) is 1.78. The van der Waals surface area contributed by atoms with E-state index in [2.05, 4.69) is 10.4 Å². The van der Waals surface area contributed by atoms with E-state index in [0.717, 1.165) is 5.56 Å². The lowest BCUT2D eigenvalue weighted by Gasteiger charge is -2.16. The Bertz CT molecular complexity index is 661. The second kappa shape index (κ2) is 5.51. The van der Waals surface area contributed by atoms with Crippen LogP contribution in [0.3, 0.4) is 0 Å². The maximum Gasteiger partial charge on any atom is 0.346 e. The van der Waals surface area contributed by atoms with Gasteiger partial charge >= 0.3 is 5.69 Å². The van der Waals surface area contributed by atoms with Gasteiger partial charge in [0.05, 0.1) is 0 Å². The topological polar surface area (TPSA) is 66.9 Å². The summed E-state index contributed by atoms with van der Waals surface area (Å²) >= 11 is 0. The van der Waals surface area contributed by atoms with Crippen LogP contribution in [-0.4, -0.2) is 15.7 Å². The molecule has 2 aromatic rings. The number of nitrogens with one attached hydrogen (secondary N) is 2. The average molecular weight is 263 g/mol. The molecule has 0 aliphatic carbocycles. The number of benzene rings is 1. The first-order valence-electron chi connectivity index (χ1n) is 5.87. The molecule has 1 atom stereocenters. The lowest BCUT2D eigenvalue weighted by atomic mass is 10.1.